The number of carbonyl (C=O) groups excluding carboxylic acids is 2. The molecule has 1 atom stereocenters. The summed E-state index contributed by atoms with van der Waals surface area (Å²) in [6, 6.07) is 13.3. The van der Waals surface area contributed by atoms with E-state index in [-0.39, 0.29) is 17.4 Å². The van der Waals surface area contributed by atoms with E-state index in [0.717, 1.165) is 31.4 Å². The molecule has 9 heteroatoms. The van der Waals surface area contributed by atoms with Gasteiger partial charge in [0.25, 0.3) is 5.91 Å². The number of hydrogen-bond acceptors (Lipinski definition) is 3. The van der Waals surface area contributed by atoms with E-state index in [0.29, 0.717) is 37.6 Å². The number of carbonyl (C=O) groups is 2. The van der Waals surface area contributed by atoms with Crippen LogP contribution in [0.25, 0.3) is 0 Å². The second-order valence-corrected chi connectivity index (χ2v) is 9.08. The van der Waals surface area contributed by atoms with Gasteiger partial charge in [0.2, 0.25) is 0 Å². The highest BCUT2D eigenvalue weighted by Crippen LogP contribution is 2.40. The summed E-state index contributed by atoms with van der Waals surface area (Å²) >= 11 is 0. The van der Waals surface area contributed by atoms with Crippen molar-refractivity contribution < 1.29 is 27.5 Å². The maximum absolute atomic E-state index is 12.8. The van der Waals surface area contributed by atoms with Crippen LogP contribution in [0.5, 0.6) is 5.75 Å². The number of urea groups is 1. The molecule has 2 aromatic carbocycles. The van der Waals surface area contributed by atoms with Gasteiger partial charge in [0.15, 0.2) is 6.10 Å². The van der Waals surface area contributed by atoms with Gasteiger partial charge in [0, 0.05) is 31.9 Å². The largest absolute Gasteiger partial charge is 0.481 e. The van der Waals surface area contributed by atoms with Gasteiger partial charge < -0.3 is 19.9 Å². The summed E-state index contributed by atoms with van der Waals surface area (Å²) in [7, 11) is 0. The van der Waals surface area contributed by atoms with Crippen molar-refractivity contribution in [3.63, 3.8) is 0 Å². The number of alkyl halides is 3. The number of likely N-dealkylation sites (tertiary alicyclic amines) is 2. The number of amides is 3. The Morgan fingerprint density at radius 1 is 0.941 bits per heavy atom. The Labute approximate surface area is 196 Å². The van der Waals surface area contributed by atoms with Crippen molar-refractivity contribution in [2.75, 3.05) is 31.5 Å². The maximum atomic E-state index is 12.8. The molecule has 1 spiro atoms. The molecule has 2 fully saturated rings. The second kappa shape index (κ2) is 9.56. The smallest absolute Gasteiger partial charge is 0.416 e. The molecule has 3 amide bonds. The molecule has 34 heavy (non-hydrogen) atoms. The Morgan fingerprint density at radius 3 is 2.12 bits per heavy atom. The molecule has 2 aromatic rings. The van der Waals surface area contributed by atoms with E-state index in [1.165, 1.54) is 12.1 Å². The minimum atomic E-state index is -4.41. The number of piperidine rings is 1. The molecule has 2 heterocycles. The zero-order valence-electron chi connectivity index (χ0n) is 19.0. The van der Waals surface area contributed by atoms with Crippen LogP contribution in [0.1, 0.15) is 31.7 Å². The van der Waals surface area contributed by atoms with Gasteiger partial charge in [0.1, 0.15) is 5.75 Å². The van der Waals surface area contributed by atoms with Crippen LogP contribution in [0.3, 0.4) is 0 Å². The van der Waals surface area contributed by atoms with E-state index in [1.54, 1.807) is 11.8 Å². The Morgan fingerprint density at radius 2 is 1.53 bits per heavy atom. The predicted molar refractivity (Wildman–Crippen MR) is 121 cm³/mol. The number of hydrogen-bond donors (Lipinski definition) is 1. The number of halogens is 3. The Hall–Kier alpha value is -3.23. The van der Waals surface area contributed by atoms with Gasteiger partial charge in [-0.2, -0.15) is 13.2 Å². The summed E-state index contributed by atoms with van der Waals surface area (Å²) in [5.41, 5.74) is -0.472. The van der Waals surface area contributed by atoms with E-state index in [9.17, 15) is 22.8 Å². The van der Waals surface area contributed by atoms with E-state index >= 15 is 0 Å². The predicted octanol–water partition coefficient (Wildman–Crippen LogP) is 5.02. The number of para-hydroxylation sites is 1. The topological polar surface area (TPSA) is 61.9 Å². The Kier molecular flexibility index (Phi) is 6.72. The summed E-state index contributed by atoms with van der Waals surface area (Å²) in [6.07, 6.45) is -2.57. The molecule has 6 nitrogen and oxygen atoms in total. The summed E-state index contributed by atoms with van der Waals surface area (Å²) in [5, 5.41) is 2.69. The first-order valence-corrected chi connectivity index (χ1v) is 11.4. The molecule has 0 unspecified atom stereocenters. The van der Waals surface area contributed by atoms with Crippen molar-refractivity contribution in [3.8, 4) is 5.75 Å². The van der Waals surface area contributed by atoms with Crippen LogP contribution < -0.4 is 10.1 Å². The molecule has 1 N–H and O–H groups in total. The van der Waals surface area contributed by atoms with Crippen molar-refractivity contribution in [1.82, 2.24) is 9.80 Å². The normalized spacial score (nSPS) is 18.6. The molecule has 0 aliphatic carbocycles. The second-order valence-electron chi connectivity index (χ2n) is 9.08. The summed E-state index contributed by atoms with van der Waals surface area (Å²) in [5.74, 6) is 0.607. The standard InChI is InChI=1S/C25H28F3N3O3/c1-18(34-21-5-3-2-4-6-21)22(32)30-14-11-24(12-15-30)13-16-31(17-24)23(33)29-20-9-7-19(8-10-20)25(26,27)28/h2-10,18H,11-17H2,1H3,(H,29,33)/t18-/m1/s1. The number of nitrogens with zero attached hydrogens (tertiary/aromatic N) is 2. The molecule has 4 rings (SSSR count). The van der Waals surface area contributed by atoms with E-state index < -0.39 is 17.8 Å². The van der Waals surface area contributed by atoms with Crippen molar-refractivity contribution in [1.29, 1.82) is 0 Å². The summed E-state index contributed by atoms with van der Waals surface area (Å²) in [6.45, 7) is 4.11. The minimum absolute atomic E-state index is 0.0439. The average Bonchev–Trinajstić information content (AvgIpc) is 3.23. The Balaban J connectivity index is 1.27. The van der Waals surface area contributed by atoms with Crippen LogP contribution in [0.4, 0.5) is 23.7 Å². The van der Waals surface area contributed by atoms with Crippen LogP contribution in [-0.4, -0.2) is 54.0 Å². The third kappa shape index (κ3) is 5.46. The maximum Gasteiger partial charge on any atom is 0.416 e. The van der Waals surface area contributed by atoms with E-state index in [1.807, 2.05) is 35.2 Å². The van der Waals surface area contributed by atoms with Crippen LogP contribution in [0, 0.1) is 5.41 Å². The number of rotatable bonds is 4. The SMILES string of the molecule is C[C@@H](Oc1ccccc1)C(=O)N1CCC2(CCN(C(=O)Nc3ccc(C(F)(F)F)cc3)C2)CC1. The van der Waals surface area contributed by atoms with E-state index in [4.69, 9.17) is 4.74 Å². The first-order valence-electron chi connectivity index (χ1n) is 11.4. The highest BCUT2D eigenvalue weighted by molar-refractivity contribution is 5.89. The third-order valence-electron chi connectivity index (χ3n) is 6.73. The molecule has 0 radical (unpaired) electrons. The molecule has 2 aliphatic heterocycles. The fraction of sp³-hybridized carbons (Fsp3) is 0.440. The quantitative estimate of drug-likeness (QED) is 0.676. The first-order chi connectivity index (χ1) is 16.2. The van der Waals surface area contributed by atoms with E-state index in [2.05, 4.69) is 5.32 Å². The Bertz CT molecular complexity index is 1000. The van der Waals surface area contributed by atoms with Gasteiger partial charge in [-0.1, -0.05) is 18.2 Å². The van der Waals surface area contributed by atoms with Crippen LogP contribution in [0.15, 0.2) is 54.6 Å². The van der Waals surface area contributed by atoms with Gasteiger partial charge in [-0.25, -0.2) is 4.79 Å². The molecule has 0 saturated carbocycles. The third-order valence-corrected chi connectivity index (χ3v) is 6.73. The fourth-order valence-electron chi connectivity index (χ4n) is 4.67. The lowest BCUT2D eigenvalue weighted by molar-refractivity contribution is -0.140. The average molecular weight is 476 g/mol. The number of nitrogens with one attached hydrogen (secondary N) is 1. The van der Waals surface area contributed by atoms with Crippen LogP contribution in [0.2, 0.25) is 0 Å². The van der Waals surface area contributed by atoms with Gasteiger partial charge in [-0.15, -0.1) is 0 Å². The highest BCUT2D eigenvalue weighted by Gasteiger charge is 2.43. The van der Waals surface area contributed by atoms with Crippen molar-refractivity contribution in [2.24, 2.45) is 5.41 Å². The molecule has 2 aliphatic rings. The zero-order chi connectivity index (χ0) is 24.3. The summed E-state index contributed by atoms with van der Waals surface area (Å²) < 4.78 is 43.9. The van der Waals surface area contributed by atoms with Crippen molar-refractivity contribution in [2.45, 2.75) is 38.5 Å². The van der Waals surface area contributed by atoms with Crippen molar-refractivity contribution in [3.05, 3.63) is 60.2 Å². The van der Waals surface area contributed by atoms with Crippen LogP contribution >= 0.6 is 0 Å². The molecule has 2 saturated heterocycles. The number of ether oxygens (including phenoxy) is 1. The van der Waals surface area contributed by atoms with Crippen molar-refractivity contribution >= 4 is 17.6 Å². The van der Waals surface area contributed by atoms with Crippen LogP contribution in [-0.2, 0) is 11.0 Å². The molecule has 0 bridgehead atoms. The highest BCUT2D eigenvalue weighted by atomic mass is 19.4. The number of anilines is 1. The monoisotopic (exact) mass is 475 g/mol. The van der Waals surface area contributed by atoms with Gasteiger partial charge in [0.05, 0.1) is 5.56 Å². The zero-order valence-corrected chi connectivity index (χ0v) is 19.0. The lowest BCUT2D eigenvalue weighted by Gasteiger charge is -2.40. The number of benzene rings is 2. The lowest BCUT2D eigenvalue weighted by atomic mass is 9.77. The fourth-order valence-corrected chi connectivity index (χ4v) is 4.67. The van der Waals surface area contributed by atoms with Gasteiger partial charge in [-0.3, -0.25) is 4.79 Å². The summed E-state index contributed by atoms with van der Waals surface area (Å²) in [4.78, 5) is 29.0. The molecule has 0 aromatic heterocycles. The van der Waals surface area contributed by atoms with Gasteiger partial charge in [-0.05, 0) is 68.0 Å². The molecular formula is C25H28F3N3O3. The molecular weight excluding hydrogens is 447 g/mol. The lowest BCUT2D eigenvalue weighted by Crippen LogP contribution is -2.48. The minimum Gasteiger partial charge on any atom is -0.481 e. The molecule has 182 valence electrons. The first kappa shape index (κ1) is 23.9. The van der Waals surface area contributed by atoms with Gasteiger partial charge >= 0.3 is 12.2 Å².